The molecule has 1 N–H and O–H groups in total. The van der Waals surface area contributed by atoms with E-state index in [-0.39, 0.29) is 11.3 Å². The molecule has 11 heavy (non-hydrogen) atoms. The summed E-state index contributed by atoms with van der Waals surface area (Å²) in [6, 6.07) is 0. The summed E-state index contributed by atoms with van der Waals surface area (Å²) >= 11 is 0. The van der Waals surface area contributed by atoms with Gasteiger partial charge < -0.3 is 5.32 Å². The average Bonchev–Trinajstić information content (AvgIpc) is 1.88. The van der Waals surface area contributed by atoms with E-state index in [1.54, 1.807) is 6.08 Å². The Morgan fingerprint density at radius 2 is 2.18 bits per heavy atom. The highest BCUT2D eigenvalue weighted by Crippen LogP contribution is 2.20. The molecule has 64 valence electrons. The van der Waals surface area contributed by atoms with Crippen LogP contribution in [0.4, 0.5) is 0 Å². The third-order valence-corrected chi connectivity index (χ3v) is 1.61. The van der Waals surface area contributed by atoms with Gasteiger partial charge in [-0.25, -0.2) is 0 Å². The topological polar surface area (TPSA) is 29.1 Å². The zero-order chi connectivity index (χ0) is 8.91. The molecule has 0 aromatic heterocycles. The van der Waals surface area contributed by atoms with Gasteiger partial charge in [-0.15, -0.1) is 6.58 Å². The molecule has 0 rings (SSSR count). The third-order valence-electron chi connectivity index (χ3n) is 1.61. The first-order valence-electron chi connectivity index (χ1n) is 3.93. The molecule has 0 heterocycles. The summed E-state index contributed by atoms with van der Waals surface area (Å²) < 4.78 is 0. The van der Waals surface area contributed by atoms with E-state index in [4.69, 9.17) is 0 Å². The number of carbonyl (C=O) groups is 1. The molecule has 0 saturated carbocycles. The van der Waals surface area contributed by atoms with Crippen LogP contribution in [0, 0.1) is 5.41 Å². The number of hydrogen-bond acceptors (Lipinski definition) is 1. The first-order valence-corrected chi connectivity index (χ1v) is 3.93. The summed E-state index contributed by atoms with van der Waals surface area (Å²) in [7, 11) is 0. The lowest BCUT2D eigenvalue weighted by Crippen LogP contribution is -2.36. The van der Waals surface area contributed by atoms with Crippen LogP contribution in [-0.4, -0.2) is 12.5 Å². The van der Waals surface area contributed by atoms with Crippen LogP contribution in [0.25, 0.3) is 0 Å². The minimum absolute atomic E-state index is 0.0971. The maximum atomic E-state index is 11.3. The van der Waals surface area contributed by atoms with Crippen molar-refractivity contribution in [1.29, 1.82) is 0 Å². The molecule has 0 aromatic carbocycles. The lowest BCUT2D eigenvalue weighted by molar-refractivity contribution is -0.129. The molecule has 0 aromatic rings. The van der Waals surface area contributed by atoms with Gasteiger partial charge in [0.05, 0.1) is 0 Å². The van der Waals surface area contributed by atoms with Crippen LogP contribution in [0.2, 0.25) is 0 Å². The molecule has 0 aliphatic heterocycles. The van der Waals surface area contributed by atoms with Crippen molar-refractivity contribution in [2.24, 2.45) is 5.41 Å². The predicted octanol–water partition coefficient (Wildman–Crippen LogP) is 1.72. The van der Waals surface area contributed by atoms with Gasteiger partial charge in [0.15, 0.2) is 0 Å². The summed E-state index contributed by atoms with van der Waals surface area (Å²) in [6.45, 7) is 10.1. The molecular formula is C9H17NO. The van der Waals surface area contributed by atoms with Crippen LogP contribution in [0.1, 0.15) is 27.2 Å². The van der Waals surface area contributed by atoms with E-state index < -0.39 is 0 Å². The Morgan fingerprint density at radius 1 is 1.64 bits per heavy atom. The fourth-order valence-corrected chi connectivity index (χ4v) is 0.853. The van der Waals surface area contributed by atoms with Crippen LogP contribution in [0.15, 0.2) is 12.7 Å². The van der Waals surface area contributed by atoms with Crippen molar-refractivity contribution in [2.45, 2.75) is 27.2 Å². The molecule has 1 amide bonds. The fraction of sp³-hybridized carbons (Fsp3) is 0.667. The standard InChI is InChI=1S/C9H17NO/c1-5-7-9(3,4)8(11)10-6-2/h5H,1,6-7H2,2-4H3,(H,10,11). The van der Waals surface area contributed by atoms with Crippen molar-refractivity contribution in [1.82, 2.24) is 5.32 Å². The normalized spacial score (nSPS) is 10.8. The predicted molar refractivity (Wildman–Crippen MR) is 47.3 cm³/mol. The molecule has 0 saturated heterocycles. The Hall–Kier alpha value is -0.790. The average molecular weight is 155 g/mol. The van der Waals surface area contributed by atoms with E-state index in [0.717, 1.165) is 6.42 Å². The second-order valence-electron chi connectivity index (χ2n) is 3.24. The fourth-order valence-electron chi connectivity index (χ4n) is 0.853. The van der Waals surface area contributed by atoms with E-state index in [1.807, 2.05) is 20.8 Å². The lowest BCUT2D eigenvalue weighted by Gasteiger charge is -2.20. The van der Waals surface area contributed by atoms with Crippen LogP contribution in [0.5, 0.6) is 0 Å². The summed E-state index contributed by atoms with van der Waals surface area (Å²) in [5.74, 6) is 0.0971. The quantitative estimate of drug-likeness (QED) is 0.615. The molecule has 0 fully saturated rings. The highest BCUT2D eigenvalue weighted by molar-refractivity contribution is 5.81. The summed E-state index contributed by atoms with van der Waals surface area (Å²) in [4.78, 5) is 11.3. The van der Waals surface area contributed by atoms with E-state index in [9.17, 15) is 4.79 Å². The smallest absolute Gasteiger partial charge is 0.225 e. The molecule has 0 radical (unpaired) electrons. The van der Waals surface area contributed by atoms with Gasteiger partial charge in [0.1, 0.15) is 0 Å². The van der Waals surface area contributed by atoms with Crippen LogP contribution in [-0.2, 0) is 4.79 Å². The zero-order valence-electron chi connectivity index (χ0n) is 7.61. The number of allylic oxidation sites excluding steroid dienone is 1. The summed E-state index contributed by atoms with van der Waals surface area (Å²) in [5, 5.41) is 2.78. The third kappa shape index (κ3) is 3.21. The Balaban J connectivity index is 4.05. The number of hydrogen-bond donors (Lipinski definition) is 1. The van der Waals surface area contributed by atoms with E-state index >= 15 is 0 Å². The van der Waals surface area contributed by atoms with Gasteiger partial charge in [-0.1, -0.05) is 19.9 Å². The first kappa shape index (κ1) is 10.2. The number of rotatable bonds is 4. The second kappa shape index (κ2) is 4.16. The van der Waals surface area contributed by atoms with Crippen molar-refractivity contribution >= 4 is 5.91 Å². The van der Waals surface area contributed by atoms with Crippen molar-refractivity contribution in [3.8, 4) is 0 Å². The highest BCUT2D eigenvalue weighted by atomic mass is 16.2. The van der Waals surface area contributed by atoms with Crippen molar-refractivity contribution < 1.29 is 4.79 Å². The minimum Gasteiger partial charge on any atom is -0.356 e. The second-order valence-corrected chi connectivity index (χ2v) is 3.24. The van der Waals surface area contributed by atoms with Gasteiger partial charge in [-0.05, 0) is 13.3 Å². The van der Waals surface area contributed by atoms with Crippen molar-refractivity contribution in [2.75, 3.05) is 6.54 Å². The summed E-state index contributed by atoms with van der Waals surface area (Å²) in [6.07, 6.45) is 2.49. The largest absolute Gasteiger partial charge is 0.356 e. The molecule has 0 unspecified atom stereocenters. The van der Waals surface area contributed by atoms with Gasteiger partial charge in [-0.2, -0.15) is 0 Å². The van der Waals surface area contributed by atoms with Gasteiger partial charge in [0.2, 0.25) is 5.91 Å². The van der Waals surface area contributed by atoms with Gasteiger partial charge in [-0.3, -0.25) is 4.79 Å². The van der Waals surface area contributed by atoms with Crippen molar-refractivity contribution in [3.63, 3.8) is 0 Å². The summed E-state index contributed by atoms with van der Waals surface area (Å²) in [5.41, 5.74) is -0.308. The van der Waals surface area contributed by atoms with Crippen LogP contribution < -0.4 is 5.32 Å². The highest BCUT2D eigenvalue weighted by Gasteiger charge is 2.24. The number of amides is 1. The zero-order valence-corrected chi connectivity index (χ0v) is 7.61. The monoisotopic (exact) mass is 155 g/mol. The van der Waals surface area contributed by atoms with Crippen LogP contribution in [0.3, 0.4) is 0 Å². The minimum atomic E-state index is -0.308. The molecule has 2 nitrogen and oxygen atoms in total. The Kier molecular flexibility index (Phi) is 3.86. The molecule has 0 aliphatic rings. The maximum absolute atomic E-state index is 11.3. The van der Waals surface area contributed by atoms with E-state index in [0.29, 0.717) is 6.54 Å². The van der Waals surface area contributed by atoms with Gasteiger partial charge in [0, 0.05) is 12.0 Å². The Labute approximate surface area is 68.7 Å². The van der Waals surface area contributed by atoms with Crippen LogP contribution >= 0.6 is 0 Å². The SMILES string of the molecule is C=CCC(C)(C)C(=O)NCC. The Bertz CT molecular complexity index is 150. The lowest BCUT2D eigenvalue weighted by atomic mass is 9.88. The van der Waals surface area contributed by atoms with E-state index in [2.05, 4.69) is 11.9 Å². The maximum Gasteiger partial charge on any atom is 0.225 e. The van der Waals surface area contributed by atoms with E-state index in [1.165, 1.54) is 0 Å². The number of carbonyl (C=O) groups excluding carboxylic acids is 1. The first-order chi connectivity index (χ1) is 5.04. The molecule has 0 bridgehead atoms. The molecule has 0 aliphatic carbocycles. The molecule has 0 atom stereocenters. The number of nitrogens with one attached hydrogen (secondary N) is 1. The Morgan fingerprint density at radius 3 is 2.55 bits per heavy atom. The molecule has 0 spiro atoms. The van der Waals surface area contributed by atoms with Gasteiger partial charge >= 0.3 is 0 Å². The molecular weight excluding hydrogens is 138 g/mol. The molecule has 2 heteroatoms. The van der Waals surface area contributed by atoms with Crippen molar-refractivity contribution in [3.05, 3.63) is 12.7 Å². The van der Waals surface area contributed by atoms with Gasteiger partial charge in [0.25, 0.3) is 0 Å².